The maximum atomic E-state index is 2.61. The molecule has 0 saturated heterocycles. The van der Waals surface area contributed by atoms with Crippen LogP contribution in [-0.4, -0.2) is 0 Å². The van der Waals surface area contributed by atoms with E-state index >= 15 is 0 Å². The molecule has 2 aliphatic rings. The summed E-state index contributed by atoms with van der Waals surface area (Å²) >= 11 is 0. The van der Waals surface area contributed by atoms with Crippen molar-refractivity contribution in [1.29, 1.82) is 0 Å². The van der Waals surface area contributed by atoms with Crippen molar-refractivity contribution in [3.05, 3.63) is 52.1 Å². The fraction of sp³-hybridized carbons (Fsp3) is 0.688. The smallest absolute Gasteiger partial charge is 0.0152 e. The van der Waals surface area contributed by atoms with Crippen LogP contribution in [0.3, 0.4) is 0 Å². The molecule has 3 rings (SSSR count). The maximum absolute atomic E-state index is 2.61. The third-order valence-electron chi connectivity index (χ3n) is 8.97. The van der Waals surface area contributed by atoms with Crippen molar-refractivity contribution in [1.82, 2.24) is 0 Å². The van der Waals surface area contributed by atoms with E-state index in [0.29, 0.717) is 11.3 Å². The number of hydrogen-bond donors (Lipinski definition) is 0. The van der Waals surface area contributed by atoms with Crippen LogP contribution >= 0.6 is 0 Å². The van der Waals surface area contributed by atoms with Gasteiger partial charge in [-0.15, -0.1) is 0 Å². The zero-order chi connectivity index (χ0) is 23.3. The Morgan fingerprint density at radius 3 is 2.34 bits per heavy atom. The first-order valence-corrected chi connectivity index (χ1v) is 13.7. The summed E-state index contributed by atoms with van der Waals surface area (Å²) < 4.78 is 0. The Balaban J connectivity index is 1.85. The molecule has 2 fully saturated rings. The van der Waals surface area contributed by atoms with Gasteiger partial charge in [-0.3, -0.25) is 0 Å². The van der Waals surface area contributed by atoms with Gasteiger partial charge in [0, 0.05) is 0 Å². The molecule has 178 valence electrons. The van der Waals surface area contributed by atoms with Gasteiger partial charge in [-0.2, -0.15) is 0 Å². The third kappa shape index (κ3) is 6.18. The molecule has 1 aromatic rings. The topological polar surface area (TPSA) is 0 Å². The van der Waals surface area contributed by atoms with Crippen LogP contribution in [0.25, 0.3) is 5.57 Å². The third-order valence-corrected chi connectivity index (χ3v) is 8.97. The molecule has 2 unspecified atom stereocenters. The molecule has 0 aromatic heterocycles. The molecule has 0 spiro atoms. The number of aryl methyl sites for hydroxylation is 1. The Morgan fingerprint density at radius 2 is 1.72 bits per heavy atom. The summed E-state index contributed by atoms with van der Waals surface area (Å²) in [5.41, 5.74) is 10.1. The van der Waals surface area contributed by atoms with Crippen molar-refractivity contribution in [3.63, 3.8) is 0 Å². The van der Waals surface area contributed by atoms with E-state index in [1.807, 2.05) is 0 Å². The summed E-state index contributed by atoms with van der Waals surface area (Å²) in [6.45, 7) is 16.8. The Morgan fingerprint density at radius 1 is 1.03 bits per heavy atom. The van der Waals surface area contributed by atoms with E-state index < -0.39 is 0 Å². The standard InChI is InChI=1S/C32H50/c1-8-29(26(6)23(2)3)31(30-14-10-9-13-25(30)5)28-17-15-27(16-18-28)22-32(7)20-11-12-24(4)19-21-32/h9-10,13-14,23-24,27H,8,11-12,15-22H2,1-7H3/b29-26-,31-28?. The van der Waals surface area contributed by atoms with Gasteiger partial charge >= 0.3 is 0 Å². The van der Waals surface area contributed by atoms with Gasteiger partial charge in [-0.25, -0.2) is 0 Å². The Hall–Kier alpha value is -1.30. The van der Waals surface area contributed by atoms with Crippen LogP contribution in [0.4, 0.5) is 0 Å². The van der Waals surface area contributed by atoms with E-state index in [1.54, 1.807) is 22.3 Å². The second-order valence-electron chi connectivity index (χ2n) is 12.0. The van der Waals surface area contributed by atoms with Crippen molar-refractivity contribution in [2.24, 2.45) is 23.2 Å². The summed E-state index contributed by atoms with van der Waals surface area (Å²) in [7, 11) is 0. The lowest BCUT2D eigenvalue weighted by Crippen LogP contribution is -2.22. The zero-order valence-electron chi connectivity index (χ0n) is 22.3. The highest BCUT2D eigenvalue weighted by Crippen LogP contribution is 2.47. The summed E-state index contributed by atoms with van der Waals surface area (Å²) in [6, 6.07) is 9.10. The van der Waals surface area contributed by atoms with Crippen LogP contribution in [0, 0.1) is 30.1 Å². The van der Waals surface area contributed by atoms with Gasteiger partial charge in [0.2, 0.25) is 0 Å². The molecule has 2 saturated carbocycles. The highest BCUT2D eigenvalue weighted by Gasteiger charge is 2.32. The minimum atomic E-state index is 0.595. The molecule has 2 aliphatic carbocycles. The van der Waals surface area contributed by atoms with Gasteiger partial charge in [0.05, 0.1) is 0 Å². The van der Waals surface area contributed by atoms with Gasteiger partial charge in [0.15, 0.2) is 0 Å². The van der Waals surface area contributed by atoms with Crippen LogP contribution in [0.15, 0.2) is 41.0 Å². The number of hydrogen-bond acceptors (Lipinski definition) is 0. The van der Waals surface area contributed by atoms with Gasteiger partial charge in [0.25, 0.3) is 0 Å². The number of benzene rings is 1. The van der Waals surface area contributed by atoms with E-state index in [9.17, 15) is 0 Å². The predicted octanol–water partition coefficient (Wildman–Crippen LogP) is 10.3. The first-order chi connectivity index (χ1) is 15.2. The van der Waals surface area contributed by atoms with E-state index in [4.69, 9.17) is 0 Å². The van der Waals surface area contributed by atoms with Crippen molar-refractivity contribution >= 4 is 5.57 Å². The van der Waals surface area contributed by atoms with Gasteiger partial charge < -0.3 is 0 Å². The first kappa shape index (κ1) is 25.3. The molecular formula is C32H50. The molecule has 0 heterocycles. The minimum Gasteiger partial charge on any atom is -0.0670 e. The maximum Gasteiger partial charge on any atom is -0.0152 e. The van der Waals surface area contributed by atoms with Crippen molar-refractivity contribution in [2.45, 2.75) is 119 Å². The lowest BCUT2D eigenvalue weighted by atomic mass is 9.70. The molecular weight excluding hydrogens is 384 g/mol. The lowest BCUT2D eigenvalue weighted by molar-refractivity contribution is 0.186. The van der Waals surface area contributed by atoms with E-state index in [-0.39, 0.29) is 0 Å². The van der Waals surface area contributed by atoms with Crippen LogP contribution in [0.5, 0.6) is 0 Å². The number of rotatable bonds is 6. The van der Waals surface area contributed by atoms with Gasteiger partial charge in [-0.05, 0) is 111 Å². The molecule has 0 nitrogen and oxygen atoms in total. The molecule has 0 amide bonds. The van der Waals surface area contributed by atoms with Gasteiger partial charge in [-0.1, -0.05) is 89.3 Å². The summed E-state index contributed by atoms with van der Waals surface area (Å²) in [5.74, 6) is 2.48. The molecule has 0 bridgehead atoms. The van der Waals surface area contributed by atoms with E-state index in [1.165, 1.54) is 75.3 Å². The highest BCUT2D eigenvalue weighted by molar-refractivity contribution is 5.83. The average molecular weight is 435 g/mol. The Labute approximate surface area is 200 Å². The molecule has 2 atom stereocenters. The first-order valence-electron chi connectivity index (χ1n) is 13.7. The summed E-state index contributed by atoms with van der Waals surface area (Å²) in [5, 5.41) is 0. The highest BCUT2D eigenvalue weighted by atomic mass is 14.4. The Kier molecular flexibility index (Phi) is 8.88. The quantitative estimate of drug-likeness (QED) is 0.390. The van der Waals surface area contributed by atoms with Gasteiger partial charge in [0.1, 0.15) is 0 Å². The monoisotopic (exact) mass is 434 g/mol. The van der Waals surface area contributed by atoms with Crippen molar-refractivity contribution < 1.29 is 0 Å². The largest absolute Gasteiger partial charge is 0.0670 e. The zero-order valence-corrected chi connectivity index (χ0v) is 22.3. The predicted molar refractivity (Wildman–Crippen MR) is 143 cm³/mol. The van der Waals surface area contributed by atoms with Crippen LogP contribution in [0.1, 0.15) is 123 Å². The minimum absolute atomic E-state index is 0.595. The van der Waals surface area contributed by atoms with Crippen LogP contribution < -0.4 is 0 Å². The molecule has 0 N–H and O–H groups in total. The molecule has 0 heteroatoms. The number of allylic oxidation sites excluding steroid dienone is 4. The fourth-order valence-corrected chi connectivity index (χ4v) is 6.54. The molecule has 1 aromatic carbocycles. The van der Waals surface area contributed by atoms with Crippen LogP contribution in [0.2, 0.25) is 0 Å². The van der Waals surface area contributed by atoms with E-state index in [0.717, 1.165) is 18.3 Å². The fourth-order valence-electron chi connectivity index (χ4n) is 6.54. The van der Waals surface area contributed by atoms with Crippen molar-refractivity contribution in [2.75, 3.05) is 0 Å². The summed E-state index contributed by atoms with van der Waals surface area (Å²) in [6.07, 6.45) is 15.3. The second kappa shape index (κ2) is 11.2. The molecule has 0 aliphatic heterocycles. The van der Waals surface area contributed by atoms with E-state index in [2.05, 4.69) is 72.7 Å². The average Bonchev–Trinajstić information content (AvgIpc) is 2.93. The molecule has 32 heavy (non-hydrogen) atoms. The SMILES string of the molecule is CC/C(C(=C1CCC(CC2(C)CCCC(C)CC2)CC1)c1ccccc1C)=C(\C)C(C)C. The van der Waals surface area contributed by atoms with Crippen molar-refractivity contribution in [3.8, 4) is 0 Å². The molecule has 0 radical (unpaired) electrons. The second-order valence-corrected chi connectivity index (χ2v) is 12.0. The van der Waals surface area contributed by atoms with Crippen LogP contribution in [-0.2, 0) is 0 Å². The lowest BCUT2D eigenvalue weighted by Gasteiger charge is -2.36. The summed E-state index contributed by atoms with van der Waals surface area (Å²) in [4.78, 5) is 0. The Bertz CT molecular complexity index is 810. The normalized spacial score (nSPS) is 27.8.